The predicted molar refractivity (Wildman–Crippen MR) is 66.4 cm³/mol. The molecule has 7 nitrogen and oxygen atoms in total. The van der Waals surface area contributed by atoms with Gasteiger partial charge in [0.25, 0.3) is 0 Å². The van der Waals surface area contributed by atoms with Crippen molar-refractivity contribution >= 4 is 23.0 Å². The first-order valence-corrected chi connectivity index (χ1v) is 5.63. The van der Waals surface area contributed by atoms with E-state index in [1.807, 2.05) is 6.92 Å². The number of fused-ring (bicyclic) bond motifs is 1. The molecule has 2 rings (SSSR count). The molecule has 0 amide bonds. The summed E-state index contributed by atoms with van der Waals surface area (Å²) in [7, 11) is 0. The number of nitrogens with one attached hydrogen (secondary N) is 1. The van der Waals surface area contributed by atoms with E-state index in [4.69, 9.17) is 0 Å². The van der Waals surface area contributed by atoms with Gasteiger partial charge in [-0.05, 0) is 20.8 Å². The van der Waals surface area contributed by atoms with E-state index in [0.717, 1.165) is 0 Å². The maximum Gasteiger partial charge on any atom is 0.329 e. The molecule has 7 heteroatoms. The van der Waals surface area contributed by atoms with Crippen LogP contribution in [0, 0.1) is 0 Å². The van der Waals surface area contributed by atoms with Crippen molar-refractivity contribution in [3.8, 4) is 0 Å². The van der Waals surface area contributed by atoms with Crippen LogP contribution in [-0.2, 0) is 4.79 Å². The molecule has 0 radical (unpaired) electrons. The monoisotopic (exact) mass is 249 g/mol. The SMILES string of the molecule is CCN(c1ncnc2nc[nH]c12)C(C)(C)C(=O)O. The van der Waals surface area contributed by atoms with Gasteiger partial charge in [-0.2, -0.15) is 0 Å². The van der Waals surface area contributed by atoms with E-state index in [1.165, 1.54) is 12.7 Å². The van der Waals surface area contributed by atoms with Gasteiger partial charge >= 0.3 is 5.97 Å². The number of carboxylic acid groups (broad SMARTS) is 1. The number of H-pyrrole nitrogens is 1. The molecule has 2 aromatic rings. The summed E-state index contributed by atoms with van der Waals surface area (Å²) >= 11 is 0. The van der Waals surface area contributed by atoms with Crippen LogP contribution in [0.5, 0.6) is 0 Å². The number of anilines is 1. The number of rotatable bonds is 4. The molecule has 2 N–H and O–H groups in total. The molecule has 0 aliphatic heterocycles. The van der Waals surface area contributed by atoms with Gasteiger partial charge in [0.15, 0.2) is 11.5 Å². The highest BCUT2D eigenvalue weighted by molar-refractivity contribution is 5.88. The number of nitrogens with zero attached hydrogens (tertiary/aromatic N) is 4. The highest BCUT2D eigenvalue weighted by Gasteiger charge is 2.35. The third kappa shape index (κ3) is 1.77. The summed E-state index contributed by atoms with van der Waals surface area (Å²) in [6, 6.07) is 0. The Hall–Kier alpha value is -2.18. The van der Waals surface area contributed by atoms with Crippen LogP contribution in [-0.4, -0.2) is 43.1 Å². The van der Waals surface area contributed by atoms with Gasteiger partial charge in [0.2, 0.25) is 0 Å². The second-order valence-electron chi connectivity index (χ2n) is 4.41. The normalized spacial score (nSPS) is 11.7. The number of hydrogen-bond donors (Lipinski definition) is 2. The van der Waals surface area contributed by atoms with Gasteiger partial charge in [-0.25, -0.2) is 19.7 Å². The van der Waals surface area contributed by atoms with Crippen molar-refractivity contribution in [2.45, 2.75) is 26.3 Å². The van der Waals surface area contributed by atoms with E-state index in [9.17, 15) is 9.90 Å². The summed E-state index contributed by atoms with van der Waals surface area (Å²) < 4.78 is 0. The summed E-state index contributed by atoms with van der Waals surface area (Å²) in [6.07, 6.45) is 2.91. The van der Waals surface area contributed by atoms with Gasteiger partial charge in [-0.3, -0.25) is 0 Å². The highest BCUT2D eigenvalue weighted by Crippen LogP contribution is 2.26. The molecule has 0 spiro atoms. The minimum atomic E-state index is -1.05. The van der Waals surface area contributed by atoms with Crippen molar-refractivity contribution in [3.63, 3.8) is 0 Å². The van der Waals surface area contributed by atoms with E-state index in [1.54, 1.807) is 18.7 Å². The van der Waals surface area contributed by atoms with Gasteiger partial charge in [0, 0.05) is 6.54 Å². The average Bonchev–Trinajstić information content (AvgIpc) is 2.78. The lowest BCUT2D eigenvalue weighted by Gasteiger charge is -2.35. The molecule has 0 saturated carbocycles. The fraction of sp³-hybridized carbons (Fsp3) is 0.455. The van der Waals surface area contributed by atoms with Crippen LogP contribution < -0.4 is 4.90 Å². The summed E-state index contributed by atoms with van der Waals surface area (Å²) in [5, 5.41) is 9.32. The summed E-state index contributed by atoms with van der Waals surface area (Å²) in [5.74, 6) is -0.358. The molecular weight excluding hydrogens is 234 g/mol. The minimum absolute atomic E-state index is 0.518. The van der Waals surface area contributed by atoms with Crippen molar-refractivity contribution in [2.75, 3.05) is 11.4 Å². The Balaban J connectivity index is 2.57. The predicted octanol–water partition coefficient (Wildman–Crippen LogP) is 1.04. The Morgan fingerprint density at radius 1 is 1.44 bits per heavy atom. The Morgan fingerprint density at radius 3 is 2.78 bits per heavy atom. The zero-order valence-corrected chi connectivity index (χ0v) is 10.5. The first-order chi connectivity index (χ1) is 8.48. The van der Waals surface area contributed by atoms with Crippen LogP contribution in [0.4, 0.5) is 5.82 Å². The Labute approximate surface area is 104 Å². The fourth-order valence-corrected chi connectivity index (χ4v) is 1.88. The summed E-state index contributed by atoms with van der Waals surface area (Å²) in [6.45, 7) is 5.69. The van der Waals surface area contributed by atoms with E-state index in [2.05, 4.69) is 19.9 Å². The number of hydrogen-bond acceptors (Lipinski definition) is 5. The fourth-order valence-electron chi connectivity index (χ4n) is 1.88. The summed E-state index contributed by atoms with van der Waals surface area (Å²) in [5.41, 5.74) is 0.120. The molecule has 0 fully saturated rings. The first-order valence-electron chi connectivity index (χ1n) is 5.63. The number of aromatic amines is 1. The minimum Gasteiger partial charge on any atom is -0.480 e. The molecule has 0 aromatic carbocycles. The number of imidazole rings is 1. The van der Waals surface area contributed by atoms with Crippen molar-refractivity contribution in [1.29, 1.82) is 0 Å². The lowest BCUT2D eigenvalue weighted by atomic mass is 10.0. The zero-order chi connectivity index (χ0) is 13.3. The number of carbonyl (C=O) groups is 1. The second kappa shape index (κ2) is 4.25. The number of aliphatic carboxylic acids is 1. The quantitative estimate of drug-likeness (QED) is 0.840. The molecule has 2 aromatic heterocycles. The van der Waals surface area contributed by atoms with Gasteiger partial charge in [-0.1, -0.05) is 0 Å². The van der Waals surface area contributed by atoms with Gasteiger partial charge < -0.3 is 15.0 Å². The van der Waals surface area contributed by atoms with Gasteiger partial charge in [-0.15, -0.1) is 0 Å². The molecule has 0 aliphatic carbocycles. The lowest BCUT2D eigenvalue weighted by molar-refractivity contribution is -0.142. The van der Waals surface area contributed by atoms with E-state index in [-0.39, 0.29) is 0 Å². The smallest absolute Gasteiger partial charge is 0.329 e. The van der Waals surface area contributed by atoms with Gasteiger partial charge in [0.05, 0.1) is 6.33 Å². The van der Waals surface area contributed by atoms with E-state index < -0.39 is 11.5 Å². The van der Waals surface area contributed by atoms with Gasteiger partial charge in [0.1, 0.15) is 17.4 Å². The van der Waals surface area contributed by atoms with Crippen LogP contribution in [0.3, 0.4) is 0 Å². The molecule has 0 atom stereocenters. The first kappa shape index (κ1) is 12.3. The molecule has 96 valence electrons. The summed E-state index contributed by atoms with van der Waals surface area (Å²) in [4.78, 5) is 28.2. The number of aromatic nitrogens is 4. The van der Waals surface area contributed by atoms with Crippen LogP contribution >= 0.6 is 0 Å². The molecule has 2 heterocycles. The number of likely N-dealkylation sites (N-methyl/N-ethyl adjacent to an activating group) is 1. The van der Waals surface area contributed by atoms with Crippen LogP contribution in [0.25, 0.3) is 11.2 Å². The van der Waals surface area contributed by atoms with E-state index in [0.29, 0.717) is 23.5 Å². The maximum absolute atomic E-state index is 11.4. The van der Waals surface area contributed by atoms with Crippen LogP contribution in [0.1, 0.15) is 20.8 Å². The zero-order valence-electron chi connectivity index (χ0n) is 10.5. The third-order valence-corrected chi connectivity index (χ3v) is 2.97. The Bertz CT molecular complexity index is 578. The molecule has 0 bridgehead atoms. The molecule has 0 unspecified atom stereocenters. The molecule has 18 heavy (non-hydrogen) atoms. The Kier molecular flexibility index (Phi) is 2.90. The van der Waals surface area contributed by atoms with Crippen molar-refractivity contribution < 1.29 is 9.90 Å². The third-order valence-electron chi connectivity index (χ3n) is 2.97. The van der Waals surface area contributed by atoms with Crippen LogP contribution in [0.15, 0.2) is 12.7 Å². The lowest BCUT2D eigenvalue weighted by Crippen LogP contribution is -2.50. The second-order valence-corrected chi connectivity index (χ2v) is 4.41. The largest absolute Gasteiger partial charge is 0.480 e. The van der Waals surface area contributed by atoms with Crippen molar-refractivity contribution in [3.05, 3.63) is 12.7 Å². The maximum atomic E-state index is 11.4. The van der Waals surface area contributed by atoms with Crippen molar-refractivity contribution in [1.82, 2.24) is 19.9 Å². The van der Waals surface area contributed by atoms with E-state index >= 15 is 0 Å². The van der Waals surface area contributed by atoms with Crippen molar-refractivity contribution in [2.24, 2.45) is 0 Å². The molecule has 0 saturated heterocycles. The molecular formula is C11H15N5O2. The topological polar surface area (TPSA) is 95.0 Å². The number of carboxylic acids is 1. The van der Waals surface area contributed by atoms with Crippen LogP contribution in [0.2, 0.25) is 0 Å². The standard InChI is InChI=1S/C11H15N5O2/c1-4-16(11(2,3)10(17)18)9-7-8(13-5-12-7)14-6-15-9/h5-6H,4H2,1-3H3,(H,17,18)(H,12,13,14,15). The highest BCUT2D eigenvalue weighted by atomic mass is 16.4. The average molecular weight is 249 g/mol. The Morgan fingerprint density at radius 2 is 2.17 bits per heavy atom. The molecule has 0 aliphatic rings.